The number of nitrogens with zero attached hydrogens (tertiary/aromatic N) is 1. The third-order valence-electron chi connectivity index (χ3n) is 3.87. The van der Waals surface area contributed by atoms with Crippen LogP contribution in [-0.4, -0.2) is 24.6 Å². The van der Waals surface area contributed by atoms with Crippen molar-refractivity contribution >= 4 is 15.9 Å². The van der Waals surface area contributed by atoms with Gasteiger partial charge in [0.2, 0.25) is 0 Å². The number of halogens is 1. The lowest BCUT2D eigenvalue weighted by Gasteiger charge is -2.23. The molecule has 18 heavy (non-hydrogen) atoms. The second-order valence-electron chi connectivity index (χ2n) is 5.56. The van der Waals surface area contributed by atoms with Gasteiger partial charge >= 0.3 is 0 Å². The molecule has 0 unspecified atom stereocenters. The zero-order chi connectivity index (χ0) is 12.5. The highest BCUT2D eigenvalue weighted by Gasteiger charge is 2.33. The van der Waals surface area contributed by atoms with Gasteiger partial charge in [-0.15, -0.1) is 0 Å². The smallest absolute Gasteiger partial charge is 0.123 e. The Morgan fingerprint density at radius 3 is 2.67 bits per heavy atom. The molecule has 98 valence electrons. The molecular weight excluding hydrogens is 290 g/mol. The minimum Gasteiger partial charge on any atom is -0.496 e. The Balaban J connectivity index is 1.73. The quantitative estimate of drug-likeness (QED) is 0.792. The summed E-state index contributed by atoms with van der Waals surface area (Å²) in [5.41, 5.74) is 1.31. The number of methoxy groups -OCH3 is 1. The lowest BCUT2D eigenvalue weighted by molar-refractivity contribution is 0.240. The first-order valence-corrected chi connectivity index (χ1v) is 7.62. The summed E-state index contributed by atoms with van der Waals surface area (Å²) in [4.78, 5) is 2.65. The van der Waals surface area contributed by atoms with Crippen LogP contribution in [-0.2, 0) is 6.54 Å². The van der Waals surface area contributed by atoms with Crippen molar-refractivity contribution in [1.82, 2.24) is 4.90 Å². The molecule has 0 bridgehead atoms. The summed E-state index contributed by atoms with van der Waals surface area (Å²) in [6.07, 6.45) is 5.61. The maximum Gasteiger partial charge on any atom is 0.123 e. The summed E-state index contributed by atoms with van der Waals surface area (Å²) in [6.45, 7) is 2.31. The number of rotatable bonds is 6. The van der Waals surface area contributed by atoms with E-state index < -0.39 is 0 Å². The lowest BCUT2D eigenvalue weighted by Crippen LogP contribution is -2.28. The first-order valence-electron chi connectivity index (χ1n) is 6.82. The van der Waals surface area contributed by atoms with Crippen LogP contribution in [0.1, 0.15) is 31.2 Å². The van der Waals surface area contributed by atoms with Crippen molar-refractivity contribution in [3.63, 3.8) is 0 Å². The van der Waals surface area contributed by atoms with E-state index >= 15 is 0 Å². The van der Waals surface area contributed by atoms with Crippen LogP contribution in [0, 0.1) is 5.92 Å². The number of hydrogen-bond acceptors (Lipinski definition) is 2. The summed E-state index contributed by atoms with van der Waals surface area (Å²) in [5, 5.41) is 0. The molecule has 2 aliphatic rings. The maximum atomic E-state index is 5.47. The summed E-state index contributed by atoms with van der Waals surface area (Å²) in [6, 6.07) is 7.13. The molecule has 2 nitrogen and oxygen atoms in total. The van der Waals surface area contributed by atoms with Gasteiger partial charge in [-0.2, -0.15) is 0 Å². The largest absolute Gasteiger partial charge is 0.496 e. The zero-order valence-corrected chi connectivity index (χ0v) is 12.4. The molecule has 0 amide bonds. The molecule has 0 atom stereocenters. The Labute approximate surface area is 117 Å². The Bertz CT molecular complexity index is 427. The second-order valence-corrected chi connectivity index (χ2v) is 6.48. The highest BCUT2D eigenvalue weighted by molar-refractivity contribution is 9.10. The predicted molar refractivity (Wildman–Crippen MR) is 76.9 cm³/mol. The summed E-state index contributed by atoms with van der Waals surface area (Å²) in [5.74, 6) is 1.98. The molecule has 2 aliphatic carbocycles. The Morgan fingerprint density at radius 1 is 1.28 bits per heavy atom. The van der Waals surface area contributed by atoms with E-state index in [4.69, 9.17) is 4.74 Å². The van der Waals surface area contributed by atoms with Crippen molar-refractivity contribution in [2.24, 2.45) is 5.92 Å². The minimum absolute atomic E-state index is 0.828. The van der Waals surface area contributed by atoms with E-state index in [9.17, 15) is 0 Å². The SMILES string of the molecule is COc1ccc(Br)cc1CN(CC1CC1)C1CC1. The van der Waals surface area contributed by atoms with Crippen molar-refractivity contribution in [2.75, 3.05) is 13.7 Å². The maximum absolute atomic E-state index is 5.47. The molecule has 2 saturated carbocycles. The molecule has 0 radical (unpaired) electrons. The highest BCUT2D eigenvalue weighted by atomic mass is 79.9. The van der Waals surface area contributed by atoms with E-state index in [1.807, 2.05) is 6.07 Å². The summed E-state index contributed by atoms with van der Waals surface area (Å²) >= 11 is 3.56. The van der Waals surface area contributed by atoms with Crippen molar-refractivity contribution < 1.29 is 4.74 Å². The highest BCUT2D eigenvalue weighted by Crippen LogP contribution is 2.36. The van der Waals surface area contributed by atoms with Gasteiger partial charge in [0.25, 0.3) is 0 Å². The van der Waals surface area contributed by atoms with Gasteiger partial charge < -0.3 is 4.74 Å². The van der Waals surface area contributed by atoms with Crippen molar-refractivity contribution in [3.8, 4) is 5.75 Å². The fraction of sp³-hybridized carbons (Fsp3) is 0.600. The van der Waals surface area contributed by atoms with Gasteiger partial charge in [0, 0.05) is 29.2 Å². The van der Waals surface area contributed by atoms with E-state index in [-0.39, 0.29) is 0 Å². The fourth-order valence-electron chi connectivity index (χ4n) is 2.50. The molecule has 0 aromatic heterocycles. The van der Waals surface area contributed by atoms with Gasteiger partial charge in [0.05, 0.1) is 7.11 Å². The van der Waals surface area contributed by atoms with Crippen molar-refractivity contribution in [3.05, 3.63) is 28.2 Å². The summed E-state index contributed by atoms with van der Waals surface area (Å²) < 4.78 is 6.61. The van der Waals surface area contributed by atoms with Crippen molar-refractivity contribution in [1.29, 1.82) is 0 Å². The molecule has 0 saturated heterocycles. The number of hydrogen-bond donors (Lipinski definition) is 0. The van der Waals surface area contributed by atoms with Gasteiger partial charge in [-0.05, 0) is 49.8 Å². The third-order valence-corrected chi connectivity index (χ3v) is 4.36. The predicted octanol–water partition coefficient (Wildman–Crippen LogP) is 3.83. The molecule has 0 N–H and O–H groups in total. The third kappa shape index (κ3) is 3.07. The van der Waals surface area contributed by atoms with Crippen LogP contribution in [0.25, 0.3) is 0 Å². The molecule has 3 heteroatoms. The van der Waals surface area contributed by atoms with Gasteiger partial charge in [-0.25, -0.2) is 0 Å². The van der Waals surface area contributed by atoms with Crippen LogP contribution < -0.4 is 4.74 Å². The summed E-state index contributed by atoms with van der Waals surface area (Å²) in [7, 11) is 1.76. The molecule has 0 spiro atoms. The van der Waals surface area contributed by atoms with Crippen LogP contribution in [0.2, 0.25) is 0 Å². The van der Waals surface area contributed by atoms with Crippen LogP contribution >= 0.6 is 15.9 Å². The van der Waals surface area contributed by atoms with E-state index in [0.29, 0.717) is 0 Å². The molecule has 1 aromatic carbocycles. The molecule has 0 aliphatic heterocycles. The van der Waals surface area contributed by atoms with Crippen LogP contribution in [0.4, 0.5) is 0 Å². The van der Waals surface area contributed by atoms with E-state index in [2.05, 4.69) is 33.0 Å². The number of ether oxygens (including phenoxy) is 1. The van der Waals surface area contributed by atoms with E-state index in [1.165, 1.54) is 37.8 Å². The molecule has 0 heterocycles. The molecule has 3 rings (SSSR count). The average molecular weight is 310 g/mol. The Kier molecular flexibility index (Phi) is 3.62. The minimum atomic E-state index is 0.828. The zero-order valence-electron chi connectivity index (χ0n) is 10.9. The molecule has 1 aromatic rings. The van der Waals surface area contributed by atoms with Crippen LogP contribution in [0.5, 0.6) is 5.75 Å². The van der Waals surface area contributed by atoms with E-state index in [1.54, 1.807) is 7.11 Å². The van der Waals surface area contributed by atoms with Gasteiger partial charge in [-0.1, -0.05) is 15.9 Å². The van der Waals surface area contributed by atoms with Crippen molar-refractivity contribution in [2.45, 2.75) is 38.3 Å². The number of benzene rings is 1. The normalized spacial score (nSPS) is 19.3. The fourth-order valence-corrected chi connectivity index (χ4v) is 2.91. The Morgan fingerprint density at radius 2 is 2.06 bits per heavy atom. The monoisotopic (exact) mass is 309 g/mol. The first-order chi connectivity index (χ1) is 8.76. The average Bonchev–Trinajstić information content (AvgIpc) is 3.22. The standard InChI is InChI=1S/C15H20BrNO/c1-18-15-7-4-13(16)8-12(15)10-17(14-5-6-14)9-11-2-3-11/h4,7-8,11,14H,2-3,5-6,9-10H2,1H3. The van der Waals surface area contributed by atoms with Crippen LogP contribution in [0.15, 0.2) is 22.7 Å². The van der Waals surface area contributed by atoms with Gasteiger partial charge in [0.15, 0.2) is 0 Å². The Hall–Kier alpha value is -0.540. The lowest BCUT2D eigenvalue weighted by atomic mass is 10.1. The topological polar surface area (TPSA) is 12.5 Å². The van der Waals surface area contributed by atoms with E-state index in [0.717, 1.165) is 28.7 Å². The van der Waals surface area contributed by atoms with Gasteiger partial charge in [0.1, 0.15) is 5.75 Å². The first kappa shape index (κ1) is 12.5. The molecular formula is C15H20BrNO. The van der Waals surface area contributed by atoms with Gasteiger partial charge in [-0.3, -0.25) is 4.90 Å². The van der Waals surface area contributed by atoms with Crippen LogP contribution in [0.3, 0.4) is 0 Å². The molecule has 2 fully saturated rings. The second kappa shape index (κ2) is 5.22.